The Morgan fingerprint density at radius 3 is 2.87 bits per heavy atom. The Balaban J connectivity index is 2.02. The molecule has 1 rings (SSSR count). The molecule has 0 spiro atoms. The van der Waals surface area contributed by atoms with Crippen LogP contribution in [-0.2, 0) is 4.74 Å². The van der Waals surface area contributed by atoms with Crippen LogP contribution in [0.2, 0.25) is 0 Å². The van der Waals surface area contributed by atoms with Crippen molar-refractivity contribution in [2.75, 3.05) is 33.9 Å². The third-order valence-electron chi connectivity index (χ3n) is 3.42. The Morgan fingerprint density at radius 2 is 2.20 bits per heavy atom. The second-order valence-corrected chi connectivity index (χ2v) is 4.70. The van der Waals surface area contributed by atoms with E-state index in [1.54, 1.807) is 7.11 Å². The standard InChI is InChI=1S/C12H26N2O/c1-11-10-12(6-8-14(11)2)13-7-4-5-9-15-3/h11-13H,4-10H2,1-3H3. The van der Waals surface area contributed by atoms with Crippen LogP contribution in [0.3, 0.4) is 0 Å². The fourth-order valence-electron chi connectivity index (χ4n) is 2.15. The maximum absolute atomic E-state index is 5.03. The molecule has 1 aliphatic heterocycles. The molecule has 3 nitrogen and oxygen atoms in total. The topological polar surface area (TPSA) is 24.5 Å². The van der Waals surface area contributed by atoms with Gasteiger partial charge in [-0.2, -0.15) is 0 Å². The summed E-state index contributed by atoms with van der Waals surface area (Å²) in [6.07, 6.45) is 4.99. The van der Waals surface area contributed by atoms with Crippen LogP contribution in [0.5, 0.6) is 0 Å². The molecule has 0 aromatic heterocycles. The summed E-state index contributed by atoms with van der Waals surface area (Å²) in [5, 5.41) is 3.65. The van der Waals surface area contributed by atoms with Gasteiger partial charge in [-0.05, 0) is 52.7 Å². The van der Waals surface area contributed by atoms with Crippen LogP contribution >= 0.6 is 0 Å². The lowest BCUT2D eigenvalue weighted by Crippen LogP contribution is -2.45. The maximum Gasteiger partial charge on any atom is 0.0462 e. The van der Waals surface area contributed by atoms with E-state index in [0.717, 1.165) is 25.2 Å². The van der Waals surface area contributed by atoms with Crippen LogP contribution in [0.25, 0.3) is 0 Å². The van der Waals surface area contributed by atoms with Gasteiger partial charge in [0.05, 0.1) is 0 Å². The van der Waals surface area contributed by atoms with Gasteiger partial charge in [0.2, 0.25) is 0 Å². The number of hydrogen-bond donors (Lipinski definition) is 1. The van der Waals surface area contributed by atoms with E-state index in [9.17, 15) is 0 Å². The molecule has 1 fully saturated rings. The SMILES string of the molecule is COCCCCNC1CCN(C)C(C)C1. The van der Waals surface area contributed by atoms with Gasteiger partial charge in [-0.3, -0.25) is 0 Å². The van der Waals surface area contributed by atoms with Crippen LogP contribution in [0.1, 0.15) is 32.6 Å². The molecule has 15 heavy (non-hydrogen) atoms. The molecule has 1 N–H and O–H groups in total. The molecule has 90 valence electrons. The molecule has 2 atom stereocenters. The zero-order valence-corrected chi connectivity index (χ0v) is 10.5. The summed E-state index contributed by atoms with van der Waals surface area (Å²) >= 11 is 0. The van der Waals surface area contributed by atoms with E-state index in [1.807, 2.05) is 0 Å². The Kier molecular flexibility index (Phi) is 6.22. The van der Waals surface area contributed by atoms with Crippen LogP contribution in [0, 0.1) is 0 Å². The monoisotopic (exact) mass is 214 g/mol. The molecule has 3 heteroatoms. The third kappa shape index (κ3) is 4.96. The lowest BCUT2D eigenvalue weighted by Gasteiger charge is -2.35. The average molecular weight is 214 g/mol. The normalized spacial score (nSPS) is 28.2. The molecule has 0 aromatic carbocycles. The second-order valence-electron chi connectivity index (χ2n) is 4.70. The quantitative estimate of drug-likeness (QED) is 0.678. The number of piperidine rings is 1. The molecule has 0 bridgehead atoms. The first-order valence-electron chi connectivity index (χ1n) is 6.16. The van der Waals surface area contributed by atoms with Crippen molar-refractivity contribution < 1.29 is 4.74 Å². The molecule has 0 radical (unpaired) electrons. The summed E-state index contributed by atoms with van der Waals surface area (Å²) in [5.41, 5.74) is 0. The molecule has 0 aromatic rings. The highest BCUT2D eigenvalue weighted by Crippen LogP contribution is 2.15. The van der Waals surface area contributed by atoms with Crippen molar-refractivity contribution in [1.29, 1.82) is 0 Å². The summed E-state index contributed by atoms with van der Waals surface area (Å²) in [5.74, 6) is 0. The Morgan fingerprint density at radius 1 is 1.40 bits per heavy atom. The minimum absolute atomic E-state index is 0.732. The van der Waals surface area contributed by atoms with Crippen molar-refractivity contribution in [2.45, 2.75) is 44.7 Å². The number of nitrogens with one attached hydrogen (secondary N) is 1. The molecule has 2 unspecified atom stereocenters. The lowest BCUT2D eigenvalue weighted by molar-refractivity contribution is 0.166. The minimum atomic E-state index is 0.732. The molecule has 1 saturated heterocycles. The molecule has 0 amide bonds. The Hall–Kier alpha value is -0.120. The highest BCUT2D eigenvalue weighted by atomic mass is 16.5. The number of ether oxygens (including phenoxy) is 1. The maximum atomic E-state index is 5.03. The van der Waals surface area contributed by atoms with Gasteiger partial charge in [-0.15, -0.1) is 0 Å². The van der Waals surface area contributed by atoms with Crippen LogP contribution in [0.15, 0.2) is 0 Å². The van der Waals surface area contributed by atoms with E-state index in [-0.39, 0.29) is 0 Å². The predicted molar refractivity (Wildman–Crippen MR) is 64.2 cm³/mol. The van der Waals surface area contributed by atoms with E-state index in [0.29, 0.717) is 0 Å². The van der Waals surface area contributed by atoms with Crippen molar-refractivity contribution in [3.05, 3.63) is 0 Å². The second kappa shape index (κ2) is 7.20. The third-order valence-corrected chi connectivity index (χ3v) is 3.42. The summed E-state index contributed by atoms with van der Waals surface area (Å²) in [6, 6.07) is 1.47. The Labute approximate surface area is 94.2 Å². The summed E-state index contributed by atoms with van der Waals surface area (Å²) in [7, 11) is 3.99. The zero-order valence-electron chi connectivity index (χ0n) is 10.5. The number of likely N-dealkylation sites (tertiary alicyclic amines) is 1. The highest BCUT2D eigenvalue weighted by molar-refractivity contribution is 4.80. The van der Waals surface area contributed by atoms with E-state index in [4.69, 9.17) is 4.74 Å². The van der Waals surface area contributed by atoms with Crippen LogP contribution in [-0.4, -0.2) is 50.8 Å². The first kappa shape index (κ1) is 12.9. The average Bonchev–Trinajstić information content (AvgIpc) is 2.23. The molecular formula is C12H26N2O. The summed E-state index contributed by atoms with van der Waals surface area (Å²) in [6.45, 7) is 5.59. The molecule has 0 aliphatic carbocycles. The van der Waals surface area contributed by atoms with Crippen LogP contribution in [0.4, 0.5) is 0 Å². The van der Waals surface area contributed by atoms with E-state index < -0.39 is 0 Å². The fourth-order valence-corrected chi connectivity index (χ4v) is 2.15. The molecular weight excluding hydrogens is 188 g/mol. The van der Waals surface area contributed by atoms with Crippen molar-refractivity contribution in [2.24, 2.45) is 0 Å². The largest absolute Gasteiger partial charge is 0.385 e. The van der Waals surface area contributed by atoms with Gasteiger partial charge in [-0.1, -0.05) is 0 Å². The van der Waals surface area contributed by atoms with E-state index in [2.05, 4.69) is 24.2 Å². The summed E-state index contributed by atoms with van der Waals surface area (Å²) < 4.78 is 5.03. The number of nitrogens with zero attached hydrogens (tertiary/aromatic N) is 1. The number of unbranched alkanes of at least 4 members (excludes halogenated alkanes) is 1. The van der Waals surface area contributed by atoms with Gasteiger partial charge >= 0.3 is 0 Å². The Bertz CT molecular complexity index is 164. The summed E-state index contributed by atoms with van der Waals surface area (Å²) in [4.78, 5) is 2.45. The van der Waals surface area contributed by atoms with Gasteiger partial charge < -0.3 is 15.0 Å². The first-order chi connectivity index (χ1) is 7.24. The van der Waals surface area contributed by atoms with Crippen molar-refractivity contribution in [3.8, 4) is 0 Å². The van der Waals surface area contributed by atoms with Crippen molar-refractivity contribution in [1.82, 2.24) is 10.2 Å². The van der Waals surface area contributed by atoms with E-state index in [1.165, 1.54) is 32.2 Å². The van der Waals surface area contributed by atoms with Gasteiger partial charge in [0.15, 0.2) is 0 Å². The predicted octanol–water partition coefficient (Wildman–Crippen LogP) is 1.49. The van der Waals surface area contributed by atoms with Gasteiger partial charge in [0, 0.05) is 25.8 Å². The van der Waals surface area contributed by atoms with Crippen molar-refractivity contribution >= 4 is 0 Å². The smallest absolute Gasteiger partial charge is 0.0462 e. The molecule has 0 saturated carbocycles. The first-order valence-corrected chi connectivity index (χ1v) is 6.16. The highest BCUT2D eigenvalue weighted by Gasteiger charge is 2.21. The van der Waals surface area contributed by atoms with Gasteiger partial charge in [-0.25, -0.2) is 0 Å². The zero-order chi connectivity index (χ0) is 11.1. The number of rotatable bonds is 6. The van der Waals surface area contributed by atoms with E-state index >= 15 is 0 Å². The fraction of sp³-hybridized carbons (Fsp3) is 1.00. The lowest BCUT2D eigenvalue weighted by atomic mass is 9.99. The van der Waals surface area contributed by atoms with Crippen LogP contribution < -0.4 is 5.32 Å². The van der Waals surface area contributed by atoms with Gasteiger partial charge in [0.25, 0.3) is 0 Å². The minimum Gasteiger partial charge on any atom is -0.385 e. The number of hydrogen-bond acceptors (Lipinski definition) is 3. The van der Waals surface area contributed by atoms with Crippen molar-refractivity contribution in [3.63, 3.8) is 0 Å². The molecule has 1 aliphatic rings. The molecule has 1 heterocycles. The van der Waals surface area contributed by atoms with Gasteiger partial charge in [0.1, 0.15) is 0 Å². The number of methoxy groups -OCH3 is 1.